The molecule has 0 bridgehead atoms. The molecule has 4 aromatic rings. The standard InChI is InChI=1S/C23H24N8O/c32-23(28-22-25-14-18-15-26-29-21(18)27-22)31(19-6-2-1-3-7-19)20-8-11-30(12-9-20)16-17-5-4-10-24-13-17/h1-7,10,13-15,20H,8-9,11-12,16H2,(H2,25,26,27,28,29,32). The number of likely N-dealkylation sites (tertiary alicyclic amines) is 1. The van der Waals surface area contributed by atoms with E-state index in [2.05, 4.69) is 41.4 Å². The van der Waals surface area contributed by atoms with Crippen LogP contribution in [0.2, 0.25) is 0 Å². The summed E-state index contributed by atoms with van der Waals surface area (Å²) in [5.41, 5.74) is 2.65. The van der Waals surface area contributed by atoms with Crippen LogP contribution in [-0.4, -0.2) is 55.2 Å². The van der Waals surface area contributed by atoms with Gasteiger partial charge in [-0.3, -0.25) is 25.2 Å². The Labute approximate surface area is 185 Å². The minimum atomic E-state index is -0.235. The SMILES string of the molecule is O=C(Nc1ncc2cn[nH]c2n1)N(c1ccccc1)C1CCN(Cc2cccnc2)CC1. The summed E-state index contributed by atoms with van der Waals surface area (Å²) in [4.78, 5) is 30.4. The number of para-hydroxylation sites is 1. The van der Waals surface area contributed by atoms with Crippen LogP contribution in [0.4, 0.5) is 16.4 Å². The normalized spacial score (nSPS) is 15.0. The van der Waals surface area contributed by atoms with Crippen molar-refractivity contribution in [2.24, 2.45) is 0 Å². The lowest BCUT2D eigenvalue weighted by molar-refractivity contribution is 0.199. The Morgan fingerprint density at radius 2 is 1.94 bits per heavy atom. The summed E-state index contributed by atoms with van der Waals surface area (Å²) in [7, 11) is 0. The molecule has 2 amide bonds. The maximum Gasteiger partial charge on any atom is 0.328 e. The number of rotatable bonds is 5. The van der Waals surface area contributed by atoms with Crippen LogP contribution in [0.1, 0.15) is 18.4 Å². The highest BCUT2D eigenvalue weighted by Gasteiger charge is 2.29. The van der Waals surface area contributed by atoms with Crippen molar-refractivity contribution in [2.75, 3.05) is 23.3 Å². The number of urea groups is 1. The number of hydrogen-bond donors (Lipinski definition) is 2. The number of fused-ring (bicyclic) bond motifs is 1. The molecule has 162 valence electrons. The number of amides is 2. The van der Waals surface area contributed by atoms with Crippen molar-refractivity contribution in [1.29, 1.82) is 0 Å². The molecule has 1 aliphatic rings. The molecule has 0 unspecified atom stereocenters. The van der Waals surface area contributed by atoms with Crippen molar-refractivity contribution in [3.05, 3.63) is 72.8 Å². The van der Waals surface area contributed by atoms with E-state index < -0.39 is 0 Å². The molecule has 4 heterocycles. The molecule has 32 heavy (non-hydrogen) atoms. The quantitative estimate of drug-likeness (QED) is 0.505. The third-order valence-corrected chi connectivity index (χ3v) is 5.71. The zero-order valence-corrected chi connectivity index (χ0v) is 17.6. The number of nitrogens with zero attached hydrogens (tertiary/aromatic N) is 6. The Morgan fingerprint density at radius 3 is 2.72 bits per heavy atom. The molecule has 1 saturated heterocycles. The van der Waals surface area contributed by atoms with Crippen LogP contribution < -0.4 is 10.2 Å². The van der Waals surface area contributed by atoms with Crippen LogP contribution in [0, 0.1) is 0 Å². The maximum atomic E-state index is 13.3. The Bertz CT molecular complexity index is 1170. The number of aromatic nitrogens is 5. The minimum absolute atomic E-state index is 0.0819. The largest absolute Gasteiger partial charge is 0.328 e. The molecule has 1 aromatic carbocycles. The number of piperidine rings is 1. The number of aromatic amines is 1. The van der Waals surface area contributed by atoms with E-state index in [0.717, 1.165) is 43.5 Å². The molecule has 0 radical (unpaired) electrons. The predicted octanol–water partition coefficient (Wildman–Crippen LogP) is 3.45. The van der Waals surface area contributed by atoms with Gasteiger partial charge in [0.15, 0.2) is 5.65 Å². The van der Waals surface area contributed by atoms with Crippen molar-refractivity contribution >= 4 is 28.7 Å². The summed E-state index contributed by atoms with van der Waals surface area (Å²) in [5.74, 6) is 0.252. The number of benzene rings is 1. The second-order valence-corrected chi connectivity index (χ2v) is 7.87. The van der Waals surface area contributed by atoms with Gasteiger partial charge in [-0.2, -0.15) is 10.1 Å². The first-order valence-electron chi connectivity index (χ1n) is 10.7. The molecule has 9 heteroatoms. The average molecular weight is 429 g/mol. The molecule has 9 nitrogen and oxygen atoms in total. The van der Waals surface area contributed by atoms with E-state index in [1.165, 1.54) is 5.56 Å². The summed E-state index contributed by atoms with van der Waals surface area (Å²) < 4.78 is 0. The van der Waals surface area contributed by atoms with E-state index in [0.29, 0.717) is 5.65 Å². The summed E-state index contributed by atoms with van der Waals surface area (Å²) in [5, 5.41) is 10.4. The van der Waals surface area contributed by atoms with E-state index >= 15 is 0 Å². The Morgan fingerprint density at radius 1 is 1.09 bits per heavy atom. The number of carbonyl (C=O) groups excluding carboxylic acids is 1. The Kier molecular flexibility index (Phi) is 5.71. The van der Waals surface area contributed by atoms with Crippen molar-refractivity contribution in [3.63, 3.8) is 0 Å². The molecule has 3 aromatic heterocycles. The minimum Gasteiger partial charge on any atom is -0.299 e. The van der Waals surface area contributed by atoms with E-state index in [-0.39, 0.29) is 18.0 Å². The lowest BCUT2D eigenvalue weighted by Gasteiger charge is -2.38. The van der Waals surface area contributed by atoms with Gasteiger partial charge in [-0.15, -0.1) is 0 Å². The van der Waals surface area contributed by atoms with E-state index in [1.807, 2.05) is 47.5 Å². The lowest BCUT2D eigenvalue weighted by Crippen LogP contribution is -2.49. The molecule has 0 aliphatic carbocycles. The number of nitrogens with one attached hydrogen (secondary N) is 2. The topological polar surface area (TPSA) is 103 Å². The van der Waals surface area contributed by atoms with Gasteiger partial charge in [0.25, 0.3) is 0 Å². The highest BCUT2D eigenvalue weighted by molar-refractivity contribution is 6.01. The van der Waals surface area contributed by atoms with Gasteiger partial charge in [0.1, 0.15) is 0 Å². The molecule has 0 atom stereocenters. The number of H-pyrrole nitrogens is 1. The van der Waals surface area contributed by atoms with Crippen LogP contribution in [0.25, 0.3) is 11.0 Å². The first kappa shape index (κ1) is 20.1. The molecular formula is C23H24N8O. The predicted molar refractivity (Wildman–Crippen MR) is 122 cm³/mol. The van der Waals surface area contributed by atoms with Crippen molar-refractivity contribution in [3.8, 4) is 0 Å². The van der Waals surface area contributed by atoms with Crippen molar-refractivity contribution in [2.45, 2.75) is 25.4 Å². The Hall–Kier alpha value is -3.85. The van der Waals surface area contributed by atoms with Gasteiger partial charge in [-0.25, -0.2) is 9.78 Å². The third-order valence-electron chi connectivity index (χ3n) is 5.71. The fourth-order valence-electron chi connectivity index (χ4n) is 4.12. The molecule has 2 N–H and O–H groups in total. The van der Waals surface area contributed by atoms with Gasteiger partial charge in [-0.1, -0.05) is 24.3 Å². The number of hydrogen-bond acceptors (Lipinski definition) is 6. The fourth-order valence-corrected chi connectivity index (χ4v) is 4.12. The molecule has 0 saturated carbocycles. The zero-order valence-electron chi connectivity index (χ0n) is 17.6. The van der Waals surface area contributed by atoms with Crippen molar-refractivity contribution < 1.29 is 4.79 Å². The first-order valence-corrected chi connectivity index (χ1v) is 10.7. The second-order valence-electron chi connectivity index (χ2n) is 7.87. The summed E-state index contributed by atoms with van der Waals surface area (Å²) in [6.07, 6.45) is 8.75. The summed E-state index contributed by atoms with van der Waals surface area (Å²) in [6, 6.07) is 13.7. The summed E-state index contributed by atoms with van der Waals surface area (Å²) in [6.45, 7) is 2.69. The maximum absolute atomic E-state index is 13.3. The van der Waals surface area contributed by atoms with Crippen LogP contribution in [-0.2, 0) is 6.54 Å². The molecule has 0 spiro atoms. The smallest absolute Gasteiger partial charge is 0.299 e. The molecular weight excluding hydrogens is 404 g/mol. The second kappa shape index (κ2) is 9.11. The highest BCUT2D eigenvalue weighted by atomic mass is 16.2. The highest BCUT2D eigenvalue weighted by Crippen LogP contribution is 2.25. The molecule has 5 rings (SSSR count). The average Bonchev–Trinajstić information content (AvgIpc) is 3.30. The lowest BCUT2D eigenvalue weighted by atomic mass is 10.0. The van der Waals surface area contributed by atoms with Gasteiger partial charge in [0, 0.05) is 50.0 Å². The van der Waals surface area contributed by atoms with Gasteiger partial charge in [0.05, 0.1) is 11.6 Å². The number of pyridine rings is 1. The number of carbonyl (C=O) groups is 1. The third kappa shape index (κ3) is 4.42. The van der Waals surface area contributed by atoms with Crippen LogP contribution in [0.5, 0.6) is 0 Å². The monoisotopic (exact) mass is 428 g/mol. The van der Waals surface area contributed by atoms with E-state index in [9.17, 15) is 4.79 Å². The summed E-state index contributed by atoms with van der Waals surface area (Å²) >= 11 is 0. The van der Waals surface area contributed by atoms with Gasteiger partial charge in [-0.05, 0) is 36.6 Å². The van der Waals surface area contributed by atoms with Gasteiger partial charge >= 0.3 is 6.03 Å². The fraction of sp³-hybridized carbons (Fsp3) is 0.261. The Balaban J connectivity index is 1.30. The van der Waals surface area contributed by atoms with E-state index in [1.54, 1.807) is 18.6 Å². The first-order chi connectivity index (χ1) is 15.8. The van der Waals surface area contributed by atoms with Crippen LogP contribution >= 0.6 is 0 Å². The van der Waals surface area contributed by atoms with Crippen LogP contribution in [0.15, 0.2) is 67.3 Å². The zero-order chi connectivity index (χ0) is 21.8. The molecule has 1 fully saturated rings. The van der Waals surface area contributed by atoms with Crippen molar-refractivity contribution in [1.82, 2.24) is 30.0 Å². The van der Waals surface area contributed by atoms with Gasteiger partial charge in [0.2, 0.25) is 5.95 Å². The van der Waals surface area contributed by atoms with Gasteiger partial charge < -0.3 is 0 Å². The van der Waals surface area contributed by atoms with Crippen LogP contribution in [0.3, 0.4) is 0 Å². The molecule has 1 aliphatic heterocycles. The number of anilines is 2. The van der Waals surface area contributed by atoms with E-state index in [4.69, 9.17) is 0 Å².